The number of anilines is 2. The number of hydrogen-bond acceptors (Lipinski definition) is 8. The smallest absolute Gasteiger partial charge is 0.326 e. The molecule has 4 heterocycles. The molecule has 3 aromatic heterocycles. The first-order valence-corrected chi connectivity index (χ1v) is 12.3. The lowest BCUT2D eigenvalue weighted by molar-refractivity contribution is 0.0663. The number of imidazole rings is 1. The van der Waals surface area contributed by atoms with Crippen LogP contribution in [-0.4, -0.2) is 84.6 Å². The Morgan fingerprint density at radius 1 is 1.21 bits per heavy atom. The molecule has 1 saturated heterocycles. The number of aromatic hydroxyl groups is 1. The molecule has 1 aliphatic carbocycles. The van der Waals surface area contributed by atoms with E-state index in [1.54, 1.807) is 27.7 Å². The largest absolute Gasteiger partial charge is 0.493 e. The SMILES string of the molecule is CN1CCN(C(=O)c2ccc(Nc3cc(=NC4CC4)n4nc/c(=C/c5[nH]c(=O)[nH]c5O)c4n3)c(F)c2)CC1. The fourth-order valence-electron chi connectivity index (χ4n) is 4.34. The second kappa shape index (κ2) is 9.41. The van der Waals surface area contributed by atoms with Crippen LogP contribution >= 0.6 is 0 Å². The van der Waals surface area contributed by atoms with Crippen molar-refractivity contribution >= 4 is 29.1 Å². The molecule has 2 aliphatic rings. The van der Waals surface area contributed by atoms with Gasteiger partial charge in [-0.05, 0) is 44.2 Å². The zero-order chi connectivity index (χ0) is 26.4. The summed E-state index contributed by atoms with van der Waals surface area (Å²) in [7, 11) is 2.01. The summed E-state index contributed by atoms with van der Waals surface area (Å²) in [4.78, 5) is 42.3. The van der Waals surface area contributed by atoms with Crippen LogP contribution in [0.1, 0.15) is 28.9 Å². The van der Waals surface area contributed by atoms with Crippen LogP contribution in [0.4, 0.5) is 15.9 Å². The van der Waals surface area contributed by atoms with E-state index in [0.29, 0.717) is 40.8 Å². The lowest BCUT2D eigenvalue weighted by Crippen LogP contribution is -2.47. The number of carbonyl (C=O) groups excluding carboxylic acids is 1. The molecule has 4 N–H and O–H groups in total. The monoisotopic (exact) mass is 519 g/mol. The lowest BCUT2D eigenvalue weighted by Gasteiger charge is -2.32. The molecule has 2 fully saturated rings. The van der Waals surface area contributed by atoms with Gasteiger partial charge in [0.1, 0.15) is 17.3 Å². The molecule has 0 unspecified atom stereocenters. The third-order valence-electron chi connectivity index (χ3n) is 6.65. The van der Waals surface area contributed by atoms with Crippen LogP contribution in [0.25, 0.3) is 11.7 Å². The van der Waals surface area contributed by atoms with Gasteiger partial charge in [0.15, 0.2) is 11.1 Å². The Bertz CT molecular complexity index is 1710. The van der Waals surface area contributed by atoms with Crippen molar-refractivity contribution < 1.29 is 14.3 Å². The number of benzene rings is 1. The number of H-pyrrole nitrogens is 2. The number of fused-ring (bicyclic) bond motifs is 1. The quantitative estimate of drug-likeness (QED) is 0.297. The van der Waals surface area contributed by atoms with Crippen molar-refractivity contribution in [2.75, 3.05) is 38.5 Å². The molecule has 196 valence electrons. The standard InChI is InChI=1S/C25H26FN9O3/c1-33-6-8-34(9-7-33)24(37)14-2-5-18(17(26)10-14)29-20-12-21(28-16-3-4-16)35-22(31-20)15(13-27-35)11-19-23(36)32-25(38)30-19/h2,5,10-13,16,29,36H,3-4,6-9H2,1H3,(H2,30,32,38)/b15-11-,28-21?. The number of nitrogens with one attached hydrogen (secondary N) is 3. The van der Waals surface area contributed by atoms with E-state index in [9.17, 15) is 14.7 Å². The van der Waals surface area contributed by atoms with Crippen molar-refractivity contribution in [2.45, 2.75) is 18.9 Å². The molecule has 1 saturated carbocycles. The number of piperazine rings is 1. The maximum absolute atomic E-state index is 15.1. The Kier molecular flexibility index (Phi) is 5.91. The number of rotatable bonds is 5. The highest BCUT2D eigenvalue weighted by Gasteiger charge is 2.22. The minimum atomic E-state index is -0.581. The predicted octanol–water partition coefficient (Wildman–Crippen LogP) is 0.332. The van der Waals surface area contributed by atoms with Crippen molar-refractivity contribution in [3.05, 3.63) is 68.7 Å². The summed E-state index contributed by atoms with van der Waals surface area (Å²) in [5, 5.41) is 17.8. The van der Waals surface area contributed by atoms with E-state index in [2.05, 4.69) is 30.3 Å². The lowest BCUT2D eigenvalue weighted by atomic mass is 10.1. The number of aromatic nitrogens is 5. The van der Waals surface area contributed by atoms with Crippen LogP contribution in [0.5, 0.6) is 5.88 Å². The number of nitrogens with zero attached hydrogens (tertiary/aromatic N) is 6. The van der Waals surface area contributed by atoms with Crippen LogP contribution in [0.3, 0.4) is 0 Å². The third kappa shape index (κ3) is 4.75. The average Bonchev–Trinajstić information content (AvgIpc) is 3.53. The minimum Gasteiger partial charge on any atom is -0.493 e. The molecule has 1 aliphatic heterocycles. The number of hydrogen-bond donors (Lipinski definition) is 4. The molecule has 12 nitrogen and oxygen atoms in total. The Morgan fingerprint density at radius 3 is 2.68 bits per heavy atom. The van der Waals surface area contributed by atoms with Gasteiger partial charge in [0, 0.05) is 43.0 Å². The molecule has 6 rings (SSSR count). The number of aromatic amines is 2. The van der Waals surface area contributed by atoms with E-state index >= 15 is 4.39 Å². The van der Waals surface area contributed by atoms with Gasteiger partial charge in [-0.1, -0.05) is 0 Å². The average molecular weight is 520 g/mol. The van der Waals surface area contributed by atoms with Gasteiger partial charge in [0.25, 0.3) is 5.91 Å². The van der Waals surface area contributed by atoms with Gasteiger partial charge in [-0.2, -0.15) is 9.61 Å². The van der Waals surface area contributed by atoms with E-state index in [4.69, 9.17) is 4.99 Å². The first-order valence-electron chi connectivity index (χ1n) is 12.3. The highest BCUT2D eigenvalue weighted by Crippen LogP contribution is 2.23. The van der Waals surface area contributed by atoms with Crippen molar-refractivity contribution in [3.8, 4) is 5.88 Å². The van der Waals surface area contributed by atoms with Gasteiger partial charge < -0.3 is 25.2 Å². The van der Waals surface area contributed by atoms with Crippen molar-refractivity contribution in [1.82, 2.24) is 34.4 Å². The van der Waals surface area contributed by atoms with Gasteiger partial charge in [0.05, 0.1) is 17.9 Å². The Hall–Kier alpha value is -4.52. The summed E-state index contributed by atoms with van der Waals surface area (Å²) in [6, 6.07) is 6.23. The molecule has 1 amide bonds. The van der Waals surface area contributed by atoms with E-state index in [-0.39, 0.29) is 29.2 Å². The topological polar surface area (TPSA) is 147 Å². The molecule has 0 spiro atoms. The van der Waals surface area contributed by atoms with E-state index in [0.717, 1.165) is 25.9 Å². The van der Waals surface area contributed by atoms with Gasteiger partial charge in [-0.3, -0.25) is 14.8 Å². The Labute approximate surface area is 215 Å². The first kappa shape index (κ1) is 23.9. The van der Waals surface area contributed by atoms with Crippen molar-refractivity contribution in [3.63, 3.8) is 0 Å². The first-order chi connectivity index (χ1) is 18.3. The summed E-state index contributed by atoms with van der Waals surface area (Å²) < 4.78 is 16.7. The summed E-state index contributed by atoms with van der Waals surface area (Å²) in [6.07, 6.45) is 5.03. The molecule has 0 radical (unpaired) electrons. The van der Waals surface area contributed by atoms with Crippen LogP contribution in [0.2, 0.25) is 0 Å². The van der Waals surface area contributed by atoms with Crippen LogP contribution in [0, 0.1) is 5.82 Å². The van der Waals surface area contributed by atoms with Gasteiger partial charge in [-0.25, -0.2) is 14.2 Å². The second-order valence-corrected chi connectivity index (χ2v) is 9.60. The number of amides is 1. The fourth-order valence-corrected chi connectivity index (χ4v) is 4.34. The summed E-state index contributed by atoms with van der Waals surface area (Å²) in [5.41, 5.74) is 1.02. The Morgan fingerprint density at radius 2 is 2.00 bits per heavy atom. The highest BCUT2D eigenvalue weighted by atomic mass is 19.1. The predicted molar refractivity (Wildman–Crippen MR) is 137 cm³/mol. The maximum Gasteiger partial charge on any atom is 0.326 e. The Balaban J connectivity index is 1.34. The molecular formula is C25H26FN9O3. The van der Waals surface area contributed by atoms with Crippen LogP contribution in [-0.2, 0) is 0 Å². The highest BCUT2D eigenvalue weighted by molar-refractivity contribution is 5.94. The zero-order valence-corrected chi connectivity index (χ0v) is 20.6. The minimum absolute atomic E-state index is 0.159. The summed E-state index contributed by atoms with van der Waals surface area (Å²) in [5.74, 6) is -0.753. The third-order valence-corrected chi connectivity index (χ3v) is 6.65. The molecule has 38 heavy (non-hydrogen) atoms. The molecule has 0 bridgehead atoms. The maximum atomic E-state index is 15.1. The number of halogens is 1. The fraction of sp³-hybridized carbons (Fsp3) is 0.320. The molecule has 4 aromatic rings. The molecule has 13 heteroatoms. The van der Waals surface area contributed by atoms with Crippen LogP contribution < -0.4 is 21.7 Å². The van der Waals surface area contributed by atoms with Crippen LogP contribution in [0.15, 0.2) is 40.2 Å². The summed E-state index contributed by atoms with van der Waals surface area (Å²) in [6.45, 7) is 2.77. The summed E-state index contributed by atoms with van der Waals surface area (Å²) >= 11 is 0. The van der Waals surface area contributed by atoms with E-state index < -0.39 is 11.5 Å². The van der Waals surface area contributed by atoms with Crippen molar-refractivity contribution in [1.29, 1.82) is 0 Å². The molecular weight excluding hydrogens is 493 g/mol. The van der Waals surface area contributed by atoms with Crippen molar-refractivity contribution in [2.24, 2.45) is 4.99 Å². The number of likely N-dealkylation sites (N-methyl/N-ethyl adjacent to an activating group) is 1. The normalized spacial score (nSPS) is 17.5. The number of carbonyl (C=O) groups is 1. The van der Waals surface area contributed by atoms with Gasteiger partial charge >= 0.3 is 5.69 Å². The van der Waals surface area contributed by atoms with E-state index in [1.165, 1.54) is 18.2 Å². The second-order valence-electron chi connectivity index (χ2n) is 9.60. The van der Waals surface area contributed by atoms with Gasteiger partial charge in [-0.15, -0.1) is 0 Å². The molecule has 1 aromatic carbocycles. The van der Waals surface area contributed by atoms with E-state index in [1.807, 2.05) is 7.05 Å². The van der Waals surface area contributed by atoms with Gasteiger partial charge in [0.2, 0.25) is 5.88 Å². The molecule has 0 atom stereocenters. The zero-order valence-electron chi connectivity index (χ0n) is 20.6.